The van der Waals surface area contributed by atoms with E-state index in [2.05, 4.69) is 4.74 Å². The molecule has 6 heteroatoms. The number of carbonyl (C=O) groups is 2. The van der Waals surface area contributed by atoms with E-state index in [1.807, 2.05) is 10.9 Å². The van der Waals surface area contributed by atoms with Crippen LogP contribution in [0.1, 0.15) is 6.92 Å². The van der Waals surface area contributed by atoms with E-state index in [0.717, 1.165) is 0 Å². The third-order valence-electron chi connectivity index (χ3n) is 0.538. The van der Waals surface area contributed by atoms with Crippen molar-refractivity contribution in [1.82, 2.24) is 10.9 Å². The fourth-order valence-corrected chi connectivity index (χ4v) is 0.315. The number of hydrazine groups is 1. The summed E-state index contributed by atoms with van der Waals surface area (Å²) in [6, 6.07) is 0. The molecule has 10 heavy (non-hydrogen) atoms. The first-order valence-electron chi connectivity index (χ1n) is 2.55. The Morgan fingerprint density at radius 2 is 2.10 bits per heavy atom. The summed E-state index contributed by atoms with van der Waals surface area (Å²) in [6.45, 7) is 1.88. The molecule has 0 aliphatic heterocycles. The average Bonchev–Trinajstić information content (AvgIpc) is 1.85. The Labute approximate surface area is 62.6 Å². The Bertz CT molecular complexity index is 138. The lowest BCUT2D eigenvalue weighted by Crippen LogP contribution is -2.39. The highest BCUT2D eigenvalue weighted by atomic mass is 35.5. The minimum Gasteiger partial charge on any atom is -0.449 e. The quantitative estimate of drug-likeness (QED) is 0.341. The van der Waals surface area contributed by atoms with Gasteiger partial charge in [-0.25, -0.2) is 10.2 Å². The molecule has 2 amide bonds. The molecule has 0 aromatic rings. The van der Waals surface area contributed by atoms with E-state index < -0.39 is 11.5 Å². The smallest absolute Gasteiger partial charge is 0.426 e. The Morgan fingerprint density at radius 1 is 1.50 bits per heavy atom. The molecule has 0 radical (unpaired) electrons. The van der Waals surface area contributed by atoms with Crippen LogP contribution in [0.5, 0.6) is 0 Å². The molecule has 58 valence electrons. The topological polar surface area (TPSA) is 67.4 Å². The second-order valence-corrected chi connectivity index (χ2v) is 1.59. The summed E-state index contributed by atoms with van der Waals surface area (Å²) >= 11 is 4.80. The van der Waals surface area contributed by atoms with Crippen LogP contribution in [-0.4, -0.2) is 18.1 Å². The molecule has 0 rings (SSSR count). The predicted octanol–water partition coefficient (Wildman–Crippen LogP) is 0.596. The predicted molar refractivity (Wildman–Crippen MR) is 34.5 cm³/mol. The Hall–Kier alpha value is -0.970. The molecule has 0 aromatic heterocycles. The molecular formula is C4H7ClN2O3. The maximum absolute atomic E-state index is 10.3. The van der Waals surface area contributed by atoms with E-state index in [4.69, 9.17) is 11.6 Å². The van der Waals surface area contributed by atoms with Gasteiger partial charge in [0.25, 0.3) is 0 Å². The van der Waals surface area contributed by atoms with Gasteiger partial charge in [-0.15, -0.1) is 0 Å². The summed E-state index contributed by atoms with van der Waals surface area (Å²) in [7, 11) is 0. The van der Waals surface area contributed by atoms with Gasteiger partial charge in [0, 0.05) is 0 Å². The van der Waals surface area contributed by atoms with E-state index in [9.17, 15) is 9.59 Å². The molecule has 0 bridgehead atoms. The lowest BCUT2D eigenvalue weighted by molar-refractivity contribution is 0.148. The number of halogens is 1. The van der Waals surface area contributed by atoms with Gasteiger partial charge in [0.15, 0.2) is 0 Å². The zero-order valence-electron chi connectivity index (χ0n) is 5.31. The van der Waals surface area contributed by atoms with Crippen molar-refractivity contribution in [2.24, 2.45) is 0 Å². The zero-order chi connectivity index (χ0) is 7.98. The molecule has 0 atom stereocenters. The minimum absolute atomic E-state index is 0.240. The maximum Gasteiger partial charge on any atom is 0.426 e. The van der Waals surface area contributed by atoms with Crippen molar-refractivity contribution in [3.05, 3.63) is 0 Å². The van der Waals surface area contributed by atoms with Crippen LogP contribution in [-0.2, 0) is 4.74 Å². The lowest BCUT2D eigenvalue weighted by atomic mass is 10.9. The fourth-order valence-electron chi connectivity index (χ4n) is 0.267. The normalized spacial score (nSPS) is 8.20. The highest BCUT2D eigenvalue weighted by Crippen LogP contribution is 1.75. The van der Waals surface area contributed by atoms with Gasteiger partial charge in [-0.1, -0.05) is 0 Å². The monoisotopic (exact) mass is 166 g/mol. The van der Waals surface area contributed by atoms with Crippen molar-refractivity contribution >= 4 is 23.1 Å². The van der Waals surface area contributed by atoms with Crippen LogP contribution >= 0.6 is 11.6 Å². The van der Waals surface area contributed by atoms with Gasteiger partial charge in [-0.2, -0.15) is 0 Å². The van der Waals surface area contributed by atoms with Crippen molar-refractivity contribution in [3.8, 4) is 0 Å². The summed E-state index contributed by atoms with van der Waals surface area (Å²) < 4.78 is 4.37. The van der Waals surface area contributed by atoms with Crippen molar-refractivity contribution < 1.29 is 14.3 Å². The summed E-state index contributed by atoms with van der Waals surface area (Å²) in [4.78, 5) is 20.3. The molecule has 2 N–H and O–H groups in total. The fraction of sp³-hybridized carbons (Fsp3) is 0.500. The molecule has 0 saturated carbocycles. The first-order valence-corrected chi connectivity index (χ1v) is 2.93. The lowest BCUT2D eigenvalue weighted by Gasteiger charge is -2.02. The van der Waals surface area contributed by atoms with Crippen LogP contribution in [0.15, 0.2) is 0 Å². The molecule has 5 nitrogen and oxygen atoms in total. The van der Waals surface area contributed by atoms with Crippen LogP contribution in [0.2, 0.25) is 0 Å². The molecular weight excluding hydrogens is 160 g/mol. The molecule has 0 heterocycles. The summed E-state index contributed by atoms with van der Waals surface area (Å²) in [5.41, 5.74) is 3.72. The highest BCUT2D eigenvalue weighted by Gasteiger charge is 1.99. The van der Waals surface area contributed by atoms with Crippen molar-refractivity contribution in [1.29, 1.82) is 0 Å². The SMILES string of the molecule is CCOC(=O)NNC(=O)Cl. The molecule has 0 spiro atoms. The van der Waals surface area contributed by atoms with Crippen LogP contribution in [0.25, 0.3) is 0 Å². The number of hydrogen-bond donors (Lipinski definition) is 2. The first kappa shape index (κ1) is 9.03. The van der Waals surface area contributed by atoms with Crippen LogP contribution < -0.4 is 10.9 Å². The van der Waals surface area contributed by atoms with Gasteiger partial charge in [-0.05, 0) is 18.5 Å². The summed E-state index contributed by atoms with van der Waals surface area (Å²) in [5, 5.41) is -0.868. The standard InChI is InChI=1S/C4H7ClN2O3/c1-2-10-4(9)7-6-3(5)8/h2H2,1H3,(H,6,8)(H,7,9). The van der Waals surface area contributed by atoms with Crippen LogP contribution in [0, 0.1) is 0 Å². The van der Waals surface area contributed by atoms with Gasteiger partial charge in [0.1, 0.15) is 0 Å². The van der Waals surface area contributed by atoms with E-state index >= 15 is 0 Å². The third kappa shape index (κ3) is 5.17. The molecule has 0 unspecified atom stereocenters. The second-order valence-electron chi connectivity index (χ2n) is 1.24. The highest BCUT2D eigenvalue weighted by molar-refractivity contribution is 6.62. The van der Waals surface area contributed by atoms with E-state index in [1.54, 1.807) is 6.92 Å². The first-order chi connectivity index (χ1) is 4.66. The Morgan fingerprint density at radius 3 is 2.50 bits per heavy atom. The van der Waals surface area contributed by atoms with Crippen LogP contribution in [0.3, 0.4) is 0 Å². The molecule has 0 aliphatic rings. The third-order valence-corrected chi connectivity index (χ3v) is 0.633. The van der Waals surface area contributed by atoms with Crippen molar-refractivity contribution in [2.75, 3.05) is 6.61 Å². The molecule has 0 aliphatic carbocycles. The second kappa shape index (κ2) is 4.87. The molecule has 0 aromatic carbocycles. The van der Waals surface area contributed by atoms with E-state index in [0.29, 0.717) is 0 Å². The van der Waals surface area contributed by atoms with Gasteiger partial charge < -0.3 is 4.74 Å². The van der Waals surface area contributed by atoms with E-state index in [-0.39, 0.29) is 6.61 Å². The van der Waals surface area contributed by atoms with Gasteiger partial charge >= 0.3 is 11.5 Å². The minimum atomic E-state index is -0.868. The maximum atomic E-state index is 10.3. The van der Waals surface area contributed by atoms with Gasteiger partial charge in [0.05, 0.1) is 6.61 Å². The summed E-state index contributed by atoms with van der Waals surface area (Å²) in [5.74, 6) is 0. The van der Waals surface area contributed by atoms with Gasteiger partial charge in [-0.3, -0.25) is 10.2 Å². The number of ether oxygens (including phenoxy) is 1. The number of nitrogens with one attached hydrogen (secondary N) is 2. The Kier molecular flexibility index (Phi) is 4.39. The number of hydrogen-bond acceptors (Lipinski definition) is 3. The Balaban J connectivity index is 3.30. The van der Waals surface area contributed by atoms with Crippen LogP contribution in [0.4, 0.5) is 9.59 Å². The van der Waals surface area contributed by atoms with Gasteiger partial charge in [0.2, 0.25) is 0 Å². The average molecular weight is 167 g/mol. The number of amides is 2. The summed E-state index contributed by atoms with van der Waals surface area (Å²) in [6.07, 6.45) is -0.739. The number of rotatable bonds is 1. The molecule has 0 saturated heterocycles. The molecule has 0 fully saturated rings. The van der Waals surface area contributed by atoms with Crippen molar-refractivity contribution in [2.45, 2.75) is 6.92 Å². The number of carbonyl (C=O) groups excluding carboxylic acids is 2. The van der Waals surface area contributed by atoms with E-state index in [1.165, 1.54) is 0 Å². The largest absolute Gasteiger partial charge is 0.449 e. The van der Waals surface area contributed by atoms with Crippen molar-refractivity contribution in [3.63, 3.8) is 0 Å². The zero-order valence-corrected chi connectivity index (χ0v) is 6.07.